The van der Waals surface area contributed by atoms with Crippen LogP contribution in [0.3, 0.4) is 0 Å². The van der Waals surface area contributed by atoms with Crippen molar-refractivity contribution in [1.29, 1.82) is 0 Å². The van der Waals surface area contributed by atoms with E-state index in [1.54, 1.807) is 5.32 Å². The molecule has 1 atom stereocenters. The third kappa shape index (κ3) is 4.41. The highest BCUT2D eigenvalue weighted by atomic mass is 35.5. The van der Waals surface area contributed by atoms with E-state index in [4.69, 9.17) is 34.8 Å². The number of H-pyrrole nitrogens is 1. The number of carboxylic acid groups (broad SMARTS) is 1. The SMILES string of the molecule is O=C(NC(c1cc(Cl)c(F)c(Cl)c1F)C(F)(F)F)c1cc2cc(C(=O)[O-])c(Cl)cc2[nH]1. The van der Waals surface area contributed by atoms with Crippen LogP contribution in [0.2, 0.25) is 15.1 Å². The van der Waals surface area contributed by atoms with Crippen LogP contribution in [0, 0.1) is 11.6 Å². The Morgan fingerprint density at radius 3 is 2.23 bits per heavy atom. The van der Waals surface area contributed by atoms with Gasteiger partial charge in [-0.15, -0.1) is 0 Å². The highest BCUT2D eigenvalue weighted by molar-refractivity contribution is 6.35. The average molecular weight is 501 g/mol. The summed E-state index contributed by atoms with van der Waals surface area (Å²) in [6, 6.07) is 0.694. The quantitative estimate of drug-likeness (QED) is 0.307. The van der Waals surface area contributed by atoms with Crippen LogP contribution >= 0.6 is 34.8 Å². The van der Waals surface area contributed by atoms with Crippen molar-refractivity contribution in [1.82, 2.24) is 10.3 Å². The Hall–Kier alpha value is -2.56. The number of hydrogen-bond donors (Lipinski definition) is 2. The number of hydrogen-bond acceptors (Lipinski definition) is 3. The molecule has 0 saturated heterocycles. The number of benzene rings is 2. The lowest BCUT2D eigenvalue weighted by Gasteiger charge is -2.23. The molecule has 0 aliphatic rings. The smallest absolute Gasteiger partial charge is 0.412 e. The van der Waals surface area contributed by atoms with Gasteiger partial charge in [0.2, 0.25) is 0 Å². The fourth-order valence-corrected chi connectivity index (χ4v) is 3.49. The van der Waals surface area contributed by atoms with Crippen molar-refractivity contribution in [3.05, 3.63) is 67.8 Å². The first kappa shape index (κ1) is 23.1. The first-order valence-corrected chi connectivity index (χ1v) is 9.18. The first-order chi connectivity index (χ1) is 14.3. The first-order valence-electron chi connectivity index (χ1n) is 8.05. The van der Waals surface area contributed by atoms with Crippen LogP contribution in [0.25, 0.3) is 10.9 Å². The molecule has 0 saturated carbocycles. The summed E-state index contributed by atoms with van der Waals surface area (Å²) in [6.45, 7) is 0. The van der Waals surface area contributed by atoms with Crippen molar-refractivity contribution in [2.45, 2.75) is 12.2 Å². The second-order valence-corrected chi connectivity index (χ2v) is 7.42. The summed E-state index contributed by atoms with van der Waals surface area (Å²) in [7, 11) is 0. The van der Waals surface area contributed by atoms with Crippen LogP contribution < -0.4 is 10.4 Å². The Morgan fingerprint density at radius 1 is 1.00 bits per heavy atom. The van der Waals surface area contributed by atoms with Crippen LogP contribution in [0.1, 0.15) is 32.5 Å². The molecule has 13 heteroatoms. The summed E-state index contributed by atoms with van der Waals surface area (Å²) in [6.07, 6.45) is -5.21. The van der Waals surface area contributed by atoms with Crippen LogP contribution in [0.4, 0.5) is 22.0 Å². The van der Waals surface area contributed by atoms with E-state index in [9.17, 15) is 36.6 Å². The van der Waals surface area contributed by atoms with E-state index in [-0.39, 0.29) is 15.9 Å². The molecule has 1 unspecified atom stereocenters. The van der Waals surface area contributed by atoms with E-state index in [1.807, 2.05) is 0 Å². The van der Waals surface area contributed by atoms with Gasteiger partial charge in [0.25, 0.3) is 5.91 Å². The molecule has 1 heterocycles. The van der Waals surface area contributed by atoms with Gasteiger partial charge in [0, 0.05) is 22.0 Å². The summed E-state index contributed by atoms with van der Waals surface area (Å²) in [4.78, 5) is 25.9. The predicted octanol–water partition coefficient (Wildman–Crippen LogP) is 4.80. The van der Waals surface area contributed by atoms with Gasteiger partial charge in [0.15, 0.2) is 11.9 Å². The third-order valence-corrected chi connectivity index (χ3v) is 5.14. The molecule has 0 fully saturated rings. The minimum atomic E-state index is -5.21. The van der Waals surface area contributed by atoms with Gasteiger partial charge in [0.05, 0.1) is 16.0 Å². The number of fused-ring (bicyclic) bond motifs is 1. The molecule has 2 N–H and O–H groups in total. The Balaban J connectivity index is 2.02. The molecule has 0 spiro atoms. The molecule has 0 radical (unpaired) electrons. The van der Waals surface area contributed by atoms with Gasteiger partial charge in [-0.3, -0.25) is 4.79 Å². The zero-order chi connectivity index (χ0) is 23.2. The molecule has 164 valence electrons. The molecule has 1 amide bonds. The number of aromatic amines is 1. The fourth-order valence-electron chi connectivity index (χ4n) is 2.78. The Morgan fingerprint density at radius 2 is 1.65 bits per heavy atom. The summed E-state index contributed by atoms with van der Waals surface area (Å²) < 4.78 is 68.5. The molecule has 1 aromatic heterocycles. The average Bonchev–Trinajstić information content (AvgIpc) is 3.08. The lowest BCUT2D eigenvalue weighted by molar-refractivity contribution is -0.255. The third-order valence-electron chi connectivity index (χ3n) is 4.22. The van der Waals surface area contributed by atoms with Crippen LogP contribution in [-0.2, 0) is 0 Å². The highest BCUT2D eigenvalue weighted by Gasteiger charge is 2.44. The Labute approximate surface area is 184 Å². The van der Waals surface area contributed by atoms with Crippen molar-refractivity contribution in [3.8, 4) is 0 Å². The van der Waals surface area contributed by atoms with Crippen LogP contribution in [0.5, 0.6) is 0 Å². The van der Waals surface area contributed by atoms with E-state index in [1.165, 1.54) is 0 Å². The molecule has 3 aromatic rings. The normalized spacial score (nSPS) is 12.8. The maximum Gasteiger partial charge on any atom is 0.412 e. The number of nitrogens with one attached hydrogen (secondary N) is 2. The van der Waals surface area contributed by atoms with Gasteiger partial charge >= 0.3 is 6.18 Å². The van der Waals surface area contributed by atoms with Gasteiger partial charge in [-0.05, 0) is 24.3 Å². The number of halogens is 8. The molecule has 5 nitrogen and oxygen atoms in total. The maximum atomic E-state index is 14.2. The second kappa shape index (κ2) is 8.18. The van der Waals surface area contributed by atoms with Crippen LogP contribution in [0.15, 0.2) is 24.3 Å². The van der Waals surface area contributed by atoms with E-state index >= 15 is 0 Å². The number of carboxylic acids is 1. The Kier molecular flexibility index (Phi) is 6.09. The number of rotatable bonds is 4. The summed E-state index contributed by atoms with van der Waals surface area (Å²) in [5.74, 6) is -6.13. The van der Waals surface area contributed by atoms with Gasteiger partial charge in [0.1, 0.15) is 16.5 Å². The van der Waals surface area contributed by atoms with E-state index in [2.05, 4.69) is 4.98 Å². The number of carbonyl (C=O) groups excluding carboxylic acids is 2. The van der Waals surface area contributed by atoms with Gasteiger partial charge in [-0.25, -0.2) is 8.78 Å². The minimum Gasteiger partial charge on any atom is -0.545 e. The summed E-state index contributed by atoms with van der Waals surface area (Å²) in [5.41, 5.74) is -1.88. The zero-order valence-electron chi connectivity index (χ0n) is 14.6. The number of alkyl halides is 3. The number of amides is 1. The summed E-state index contributed by atoms with van der Waals surface area (Å²) >= 11 is 16.6. The molecular weight excluding hydrogens is 494 g/mol. The molecule has 31 heavy (non-hydrogen) atoms. The molecular formula is C18H7Cl3F5N2O3-. The minimum absolute atomic E-state index is 0.136. The van der Waals surface area contributed by atoms with Crippen molar-refractivity contribution >= 4 is 57.6 Å². The van der Waals surface area contributed by atoms with Gasteiger partial charge in [-0.2, -0.15) is 13.2 Å². The lowest BCUT2D eigenvalue weighted by Crippen LogP contribution is -2.39. The second-order valence-electron chi connectivity index (χ2n) is 6.23. The topological polar surface area (TPSA) is 85.0 Å². The molecule has 0 bridgehead atoms. The molecule has 3 rings (SSSR count). The predicted molar refractivity (Wildman–Crippen MR) is 100 cm³/mol. The van der Waals surface area contributed by atoms with Crippen molar-refractivity contribution in [2.24, 2.45) is 0 Å². The molecule has 2 aromatic carbocycles. The highest BCUT2D eigenvalue weighted by Crippen LogP contribution is 2.39. The van der Waals surface area contributed by atoms with Crippen molar-refractivity contribution < 1.29 is 36.6 Å². The monoisotopic (exact) mass is 499 g/mol. The van der Waals surface area contributed by atoms with Crippen molar-refractivity contribution in [3.63, 3.8) is 0 Å². The lowest BCUT2D eigenvalue weighted by atomic mass is 10.0. The van der Waals surface area contributed by atoms with E-state index in [0.717, 1.165) is 18.2 Å². The zero-order valence-corrected chi connectivity index (χ0v) is 16.9. The van der Waals surface area contributed by atoms with Crippen molar-refractivity contribution in [2.75, 3.05) is 0 Å². The largest absolute Gasteiger partial charge is 0.545 e. The number of aromatic carboxylic acids is 1. The number of aromatic nitrogens is 1. The standard InChI is InChI=1S/C18H8Cl3F5N2O3/c19-8-4-10-5(1-6(8)17(30)31)2-11(27-10)16(29)28-15(18(24,25)26)7-3-9(20)14(23)12(21)13(7)22/h1-4,15,27H,(H,28,29)(H,30,31)/p-1. The van der Waals surface area contributed by atoms with E-state index in [0.29, 0.717) is 6.07 Å². The molecule has 0 aliphatic carbocycles. The van der Waals surface area contributed by atoms with Gasteiger partial charge in [-0.1, -0.05) is 34.8 Å². The van der Waals surface area contributed by atoms with Gasteiger partial charge < -0.3 is 20.2 Å². The fraction of sp³-hybridized carbons (Fsp3) is 0.111. The van der Waals surface area contributed by atoms with Crippen LogP contribution in [-0.4, -0.2) is 23.0 Å². The number of carbonyl (C=O) groups is 2. The maximum absolute atomic E-state index is 14.2. The summed E-state index contributed by atoms with van der Waals surface area (Å²) in [5, 5.41) is 10.4. The molecule has 0 aliphatic heterocycles. The van der Waals surface area contributed by atoms with E-state index < -0.39 is 62.6 Å². The Bertz CT molecular complexity index is 1230.